The first-order chi connectivity index (χ1) is 16.7. The van der Waals surface area contributed by atoms with Crippen LogP contribution in [-0.4, -0.2) is 41.0 Å². The van der Waals surface area contributed by atoms with Crippen LogP contribution >= 0.6 is 11.3 Å². The van der Waals surface area contributed by atoms with Gasteiger partial charge in [-0.3, -0.25) is 4.79 Å². The van der Waals surface area contributed by atoms with Crippen LogP contribution < -0.4 is 4.74 Å². The van der Waals surface area contributed by atoms with E-state index in [0.717, 1.165) is 51.0 Å². The molecule has 0 spiro atoms. The van der Waals surface area contributed by atoms with Gasteiger partial charge in [0.1, 0.15) is 17.1 Å². The third kappa shape index (κ3) is 3.55. The molecule has 6 heteroatoms. The van der Waals surface area contributed by atoms with Crippen LogP contribution in [0.25, 0.3) is 32.4 Å². The molecule has 0 radical (unpaired) electrons. The number of benzene rings is 2. The molecule has 1 aliphatic heterocycles. The van der Waals surface area contributed by atoms with Crippen LogP contribution in [0.15, 0.2) is 72.1 Å². The second kappa shape index (κ2) is 8.61. The molecule has 5 aromatic rings. The van der Waals surface area contributed by atoms with Crippen molar-refractivity contribution in [3.63, 3.8) is 0 Å². The minimum atomic E-state index is 0.00321. The predicted octanol–water partition coefficient (Wildman–Crippen LogP) is 6.47. The predicted molar refractivity (Wildman–Crippen MR) is 138 cm³/mol. The number of fused-ring (bicyclic) bond motifs is 3. The van der Waals surface area contributed by atoms with E-state index in [1.54, 1.807) is 18.4 Å². The number of thiophene rings is 1. The summed E-state index contributed by atoms with van der Waals surface area (Å²) >= 11 is 1.64. The van der Waals surface area contributed by atoms with Gasteiger partial charge in [-0.05, 0) is 54.0 Å². The average Bonchev–Trinajstić information content (AvgIpc) is 3.56. The lowest BCUT2D eigenvalue weighted by Crippen LogP contribution is -2.38. The summed E-state index contributed by atoms with van der Waals surface area (Å²) in [4.78, 5) is 25.0. The number of likely N-dealkylation sites (tertiary alicyclic amines) is 1. The van der Waals surface area contributed by atoms with Gasteiger partial charge in [0.05, 0.1) is 17.5 Å². The van der Waals surface area contributed by atoms with Gasteiger partial charge in [0.15, 0.2) is 0 Å². The van der Waals surface area contributed by atoms with E-state index in [-0.39, 0.29) is 5.91 Å². The van der Waals surface area contributed by atoms with Gasteiger partial charge in [-0.25, -0.2) is 4.98 Å². The van der Waals surface area contributed by atoms with Crippen molar-refractivity contribution in [2.75, 3.05) is 20.2 Å². The highest BCUT2D eigenvalue weighted by Crippen LogP contribution is 2.36. The molecule has 34 heavy (non-hydrogen) atoms. The van der Waals surface area contributed by atoms with Crippen molar-refractivity contribution in [3.05, 3.63) is 83.4 Å². The van der Waals surface area contributed by atoms with Crippen LogP contribution in [0.1, 0.15) is 34.8 Å². The van der Waals surface area contributed by atoms with E-state index in [1.807, 2.05) is 46.7 Å². The number of aromatic amines is 1. The van der Waals surface area contributed by atoms with Crippen molar-refractivity contribution < 1.29 is 9.53 Å². The molecular formula is C28H25N3O2S. The summed E-state index contributed by atoms with van der Waals surface area (Å²) in [6, 6.07) is 22.5. The lowest BCUT2D eigenvalue weighted by atomic mass is 9.88. The minimum absolute atomic E-state index is 0.00321. The maximum absolute atomic E-state index is 13.6. The number of pyridine rings is 1. The molecule has 6 rings (SSSR count). The SMILES string of the molecule is COc1ccccc1C1CCN(C(=O)c2cc3c([nH]c4ccccc43)c(-c3cccs3)n2)CC1. The lowest BCUT2D eigenvalue weighted by molar-refractivity contribution is 0.0707. The third-order valence-electron chi connectivity index (χ3n) is 6.83. The van der Waals surface area contributed by atoms with Crippen molar-refractivity contribution in [2.24, 2.45) is 0 Å². The third-order valence-corrected chi connectivity index (χ3v) is 7.71. The number of carbonyl (C=O) groups excluding carboxylic acids is 1. The number of nitrogens with one attached hydrogen (secondary N) is 1. The fourth-order valence-corrected chi connectivity index (χ4v) is 5.83. The monoisotopic (exact) mass is 467 g/mol. The maximum atomic E-state index is 13.6. The molecule has 1 amide bonds. The number of H-pyrrole nitrogens is 1. The van der Waals surface area contributed by atoms with Crippen molar-refractivity contribution in [2.45, 2.75) is 18.8 Å². The summed E-state index contributed by atoms with van der Waals surface area (Å²) in [5.41, 5.74) is 4.62. The van der Waals surface area contributed by atoms with Crippen LogP contribution in [0.3, 0.4) is 0 Å². The summed E-state index contributed by atoms with van der Waals surface area (Å²) in [6.45, 7) is 1.42. The van der Waals surface area contributed by atoms with E-state index >= 15 is 0 Å². The summed E-state index contributed by atoms with van der Waals surface area (Å²) in [6.07, 6.45) is 1.83. The van der Waals surface area contributed by atoms with Gasteiger partial charge >= 0.3 is 0 Å². The van der Waals surface area contributed by atoms with Gasteiger partial charge in [0.2, 0.25) is 0 Å². The molecule has 0 saturated carbocycles. The standard InChI is InChI=1S/C28H25N3O2S/c1-33-24-10-5-3-7-19(24)18-12-14-31(15-13-18)28(32)23-17-21-20-8-2-4-9-22(20)29-26(21)27(30-23)25-11-6-16-34-25/h2-11,16-18,29H,12-15H2,1H3. The number of aromatic nitrogens is 2. The molecule has 3 aromatic heterocycles. The van der Waals surface area contributed by atoms with E-state index in [2.05, 4.69) is 35.3 Å². The Balaban J connectivity index is 1.33. The highest BCUT2D eigenvalue weighted by atomic mass is 32.1. The van der Waals surface area contributed by atoms with Gasteiger partial charge in [0, 0.05) is 29.4 Å². The van der Waals surface area contributed by atoms with Crippen molar-refractivity contribution in [1.82, 2.24) is 14.9 Å². The number of amides is 1. The highest BCUT2D eigenvalue weighted by Gasteiger charge is 2.28. The first-order valence-electron chi connectivity index (χ1n) is 11.6. The summed E-state index contributed by atoms with van der Waals surface area (Å²) < 4.78 is 5.57. The number of hydrogen-bond acceptors (Lipinski definition) is 4. The normalized spacial score (nSPS) is 14.7. The van der Waals surface area contributed by atoms with Crippen LogP contribution in [0.2, 0.25) is 0 Å². The molecule has 4 heterocycles. The van der Waals surface area contributed by atoms with Crippen molar-refractivity contribution in [3.8, 4) is 16.3 Å². The van der Waals surface area contributed by atoms with Crippen molar-refractivity contribution >= 4 is 39.0 Å². The molecule has 5 nitrogen and oxygen atoms in total. The number of piperidine rings is 1. The van der Waals surface area contributed by atoms with E-state index in [4.69, 9.17) is 9.72 Å². The van der Waals surface area contributed by atoms with Crippen LogP contribution in [0, 0.1) is 0 Å². The Hall–Kier alpha value is -3.64. The van der Waals surface area contributed by atoms with E-state index in [0.29, 0.717) is 24.7 Å². The number of methoxy groups -OCH3 is 1. The first kappa shape index (κ1) is 20.9. The van der Waals surface area contributed by atoms with E-state index < -0.39 is 0 Å². The zero-order chi connectivity index (χ0) is 23.1. The minimum Gasteiger partial charge on any atom is -0.496 e. The first-order valence-corrected chi connectivity index (χ1v) is 12.5. The number of carbonyl (C=O) groups is 1. The van der Waals surface area contributed by atoms with Crippen LogP contribution in [0.4, 0.5) is 0 Å². The number of nitrogens with zero attached hydrogens (tertiary/aromatic N) is 2. The summed E-state index contributed by atoms with van der Waals surface area (Å²) in [5.74, 6) is 1.33. The molecule has 0 aliphatic carbocycles. The van der Waals surface area contributed by atoms with Gasteiger partial charge < -0.3 is 14.6 Å². The van der Waals surface area contributed by atoms with Gasteiger partial charge in [-0.1, -0.05) is 42.5 Å². The zero-order valence-electron chi connectivity index (χ0n) is 19.0. The number of hydrogen-bond donors (Lipinski definition) is 1. The Bertz CT molecular complexity index is 1480. The fraction of sp³-hybridized carbons (Fsp3) is 0.214. The molecule has 2 aromatic carbocycles. The molecular weight excluding hydrogens is 442 g/mol. The van der Waals surface area contributed by atoms with Gasteiger partial charge in [0.25, 0.3) is 5.91 Å². The second-order valence-corrected chi connectivity index (χ2v) is 9.68. The molecule has 0 bridgehead atoms. The highest BCUT2D eigenvalue weighted by molar-refractivity contribution is 7.13. The second-order valence-electron chi connectivity index (χ2n) is 8.73. The quantitative estimate of drug-likeness (QED) is 0.329. The topological polar surface area (TPSA) is 58.2 Å². The van der Waals surface area contributed by atoms with Crippen LogP contribution in [-0.2, 0) is 0 Å². The number of para-hydroxylation sites is 2. The van der Waals surface area contributed by atoms with E-state index in [1.165, 1.54) is 5.56 Å². The number of rotatable bonds is 4. The van der Waals surface area contributed by atoms with Gasteiger partial charge in [-0.2, -0.15) is 0 Å². The summed E-state index contributed by atoms with van der Waals surface area (Å²) in [7, 11) is 1.72. The molecule has 1 N–H and O–H groups in total. The Morgan fingerprint density at radius 3 is 2.62 bits per heavy atom. The Labute approximate surface area is 202 Å². The molecule has 1 aliphatic rings. The maximum Gasteiger partial charge on any atom is 0.272 e. The Kier molecular flexibility index (Phi) is 5.30. The molecule has 170 valence electrons. The lowest BCUT2D eigenvalue weighted by Gasteiger charge is -2.32. The smallest absolute Gasteiger partial charge is 0.272 e. The van der Waals surface area contributed by atoms with E-state index in [9.17, 15) is 4.79 Å². The molecule has 0 unspecified atom stereocenters. The average molecular weight is 468 g/mol. The van der Waals surface area contributed by atoms with Crippen LogP contribution in [0.5, 0.6) is 5.75 Å². The summed E-state index contributed by atoms with van der Waals surface area (Å²) in [5, 5.41) is 4.20. The molecule has 0 atom stereocenters. The Morgan fingerprint density at radius 2 is 1.82 bits per heavy atom. The number of ether oxygens (including phenoxy) is 1. The fourth-order valence-electron chi connectivity index (χ4n) is 5.11. The van der Waals surface area contributed by atoms with Gasteiger partial charge in [-0.15, -0.1) is 11.3 Å². The zero-order valence-corrected chi connectivity index (χ0v) is 19.8. The molecule has 1 saturated heterocycles. The molecule has 1 fully saturated rings. The van der Waals surface area contributed by atoms with Crippen molar-refractivity contribution in [1.29, 1.82) is 0 Å². The Morgan fingerprint density at radius 1 is 1.03 bits per heavy atom. The largest absolute Gasteiger partial charge is 0.496 e.